The van der Waals surface area contributed by atoms with E-state index < -0.39 is 16.0 Å². The van der Waals surface area contributed by atoms with Crippen molar-refractivity contribution in [3.05, 3.63) is 36.0 Å². The minimum absolute atomic E-state index is 0.0648. The summed E-state index contributed by atoms with van der Waals surface area (Å²) in [5.74, 6) is -0.822. The first kappa shape index (κ1) is 13.1. The van der Waals surface area contributed by atoms with Crippen molar-refractivity contribution < 1.29 is 18.3 Å². The van der Waals surface area contributed by atoms with Crippen LogP contribution >= 0.6 is 0 Å². The molecule has 0 amide bonds. The van der Waals surface area contributed by atoms with Crippen LogP contribution in [0.3, 0.4) is 0 Å². The molecule has 0 aliphatic rings. The number of rotatable bonds is 5. The topological polar surface area (TPSA) is 138 Å². The van der Waals surface area contributed by atoms with Gasteiger partial charge in [0.2, 0.25) is 0 Å². The number of aromatic carboxylic acids is 1. The molecule has 0 unspecified atom stereocenters. The predicted molar refractivity (Wildman–Crippen MR) is 61.6 cm³/mol. The van der Waals surface area contributed by atoms with E-state index in [1.807, 2.05) is 0 Å². The van der Waals surface area contributed by atoms with Gasteiger partial charge in [-0.1, -0.05) is 0 Å². The summed E-state index contributed by atoms with van der Waals surface area (Å²) in [5, 5.41) is 14.5. The number of nitrogens with zero attached hydrogens (tertiary/aromatic N) is 3. The van der Waals surface area contributed by atoms with Crippen molar-refractivity contribution >= 4 is 16.0 Å². The van der Waals surface area contributed by atoms with Crippen molar-refractivity contribution in [3.63, 3.8) is 0 Å². The molecule has 0 aromatic carbocycles. The van der Waals surface area contributed by atoms with E-state index in [4.69, 9.17) is 5.11 Å². The summed E-state index contributed by atoms with van der Waals surface area (Å²) in [7, 11) is -3.82. The first-order chi connectivity index (χ1) is 8.99. The van der Waals surface area contributed by atoms with Crippen LogP contribution in [0, 0.1) is 0 Å². The fourth-order valence-electron chi connectivity index (χ4n) is 1.22. The zero-order chi connectivity index (χ0) is 13.9. The standard InChI is InChI=1S/C9H9N5O4S/c15-9(16)6-1-2-8(10-3-6)19(17,18)13-4-7-11-5-12-14-7/h1-3,5,13H,4H2,(H,15,16)(H,11,12,14). The normalized spacial score (nSPS) is 11.4. The lowest BCUT2D eigenvalue weighted by Gasteiger charge is -2.04. The Balaban J connectivity index is 2.13. The highest BCUT2D eigenvalue weighted by molar-refractivity contribution is 7.89. The lowest BCUT2D eigenvalue weighted by Crippen LogP contribution is -2.24. The van der Waals surface area contributed by atoms with Crippen LogP contribution in [0.1, 0.15) is 16.2 Å². The number of hydrogen-bond acceptors (Lipinski definition) is 6. The minimum Gasteiger partial charge on any atom is -0.478 e. The SMILES string of the molecule is O=C(O)c1ccc(S(=O)(=O)NCc2ncn[nH]2)nc1. The van der Waals surface area contributed by atoms with Crippen molar-refractivity contribution in [2.45, 2.75) is 11.6 Å². The van der Waals surface area contributed by atoms with E-state index in [9.17, 15) is 13.2 Å². The molecule has 0 fully saturated rings. The highest BCUT2D eigenvalue weighted by Crippen LogP contribution is 2.07. The highest BCUT2D eigenvalue weighted by atomic mass is 32.2. The van der Waals surface area contributed by atoms with Gasteiger partial charge in [0.1, 0.15) is 12.2 Å². The van der Waals surface area contributed by atoms with Crippen LogP contribution in [0.15, 0.2) is 29.7 Å². The average molecular weight is 283 g/mol. The van der Waals surface area contributed by atoms with Crippen LogP contribution in [-0.4, -0.2) is 39.7 Å². The van der Waals surface area contributed by atoms with Gasteiger partial charge in [0, 0.05) is 6.20 Å². The van der Waals surface area contributed by atoms with Gasteiger partial charge in [0.05, 0.1) is 12.1 Å². The molecule has 9 nitrogen and oxygen atoms in total. The zero-order valence-corrected chi connectivity index (χ0v) is 10.3. The van der Waals surface area contributed by atoms with Gasteiger partial charge in [-0.15, -0.1) is 0 Å². The molecule has 0 saturated heterocycles. The molecule has 2 rings (SSSR count). The fraction of sp³-hybridized carbons (Fsp3) is 0.111. The molecule has 0 atom stereocenters. The third kappa shape index (κ3) is 3.11. The largest absolute Gasteiger partial charge is 0.478 e. The molecule has 0 aliphatic heterocycles. The average Bonchev–Trinajstić information content (AvgIpc) is 2.90. The summed E-state index contributed by atoms with van der Waals surface area (Å²) in [6.45, 7) is -0.0648. The van der Waals surface area contributed by atoms with E-state index in [2.05, 4.69) is 24.9 Å². The van der Waals surface area contributed by atoms with Crippen molar-refractivity contribution in [2.75, 3.05) is 0 Å². The van der Waals surface area contributed by atoms with E-state index in [1.54, 1.807) is 0 Å². The number of carbonyl (C=O) groups is 1. The van der Waals surface area contributed by atoms with Crippen molar-refractivity contribution in [2.24, 2.45) is 0 Å². The number of aromatic amines is 1. The number of nitrogens with one attached hydrogen (secondary N) is 2. The zero-order valence-electron chi connectivity index (χ0n) is 9.44. The molecule has 0 saturated carbocycles. The van der Waals surface area contributed by atoms with Gasteiger partial charge >= 0.3 is 5.97 Å². The summed E-state index contributed by atoms with van der Waals surface area (Å²) >= 11 is 0. The third-order valence-corrected chi connectivity index (χ3v) is 3.47. The van der Waals surface area contributed by atoms with Gasteiger partial charge in [-0.2, -0.15) is 5.10 Å². The molecule has 0 radical (unpaired) electrons. The molecule has 3 N–H and O–H groups in total. The van der Waals surface area contributed by atoms with Gasteiger partial charge in [-0.3, -0.25) is 5.10 Å². The third-order valence-electron chi connectivity index (χ3n) is 2.15. The first-order valence-electron chi connectivity index (χ1n) is 5.02. The second-order valence-electron chi connectivity index (χ2n) is 3.45. The van der Waals surface area contributed by atoms with Crippen LogP contribution in [0.2, 0.25) is 0 Å². The number of pyridine rings is 1. The quantitative estimate of drug-likeness (QED) is 0.664. The summed E-state index contributed by atoms with van der Waals surface area (Å²) < 4.78 is 25.9. The molecule has 2 aromatic heterocycles. The van der Waals surface area contributed by atoms with Crippen molar-refractivity contribution in [1.82, 2.24) is 24.9 Å². The Bertz CT molecular complexity index is 665. The Morgan fingerprint density at radius 2 is 2.16 bits per heavy atom. The van der Waals surface area contributed by atoms with Gasteiger partial charge in [0.25, 0.3) is 10.0 Å². The van der Waals surface area contributed by atoms with E-state index >= 15 is 0 Å². The Morgan fingerprint density at radius 3 is 2.68 bits per heavy atom. The van der Waals surface area contributed by atoms with Crippen molar-refractivity contribution in [1.29, 1.82) is 0 Å². The maximum absolute atomic E-state index is 11.8. The van der Waals surface area contributed by atoms with Crippen LogP contribution in [0.5, 0.6) is 0 Å². The number of sulfonamides is 1. The molecule has 2 aromatic rings. The molecular weight excluding hydrogens is 274 g/mol. The predicted octanol–water partition coefficient (Wildman–Crippen LogP) is -0.624. The van der Waals surface area contributed by atoms with Crippen molar-refractivity contribution in [3.8, 4) is 0 Å². The molecule has 19 heavy (non-hydrogen) atoms. The van der Waals surface area contributed by atoms with Crippen LogP contribution < -0.4 is 4.72 Å². The van der Waals surface area contributed by atoms with E-state index in [0.29, 0.717) is 5.82 Å². The number of hydrogen-bond donors (Lipinski definition) is 3. The lowest BCUT2D eigenvalue weighted by atomic mass is 10.3. The summed E-state index contributed by atoms with van der Waals surface area (Å²) in [6, 6.07) is 2.28. The van der Waals surface area contributed by atoms with Gasteiger partial charge in [-0.05, 0) is 12.1 Å². The second kappa shape index (κ2) is 5.12. The Labute approximate surface area is 107 Å². The van der Waals surface area contributed by atoms with Crippen LogP contribution in [0.4, 0.5) is 0 Å². The number of H-pyrrole nitrogens is 1. The highest BCUT2D eigenvalue weighted by Gasteiger charge is 2.16. The maximum Gasteiger partial charge on any atom is 0.337 e. The van der Waals surface area contributed by atoms with Crippen LogP contribution in [0.25, 0.3) is 0 Å². The first-order valence-corrected chi connectivity index (χ1v) is 6.50. The van der Waals surface area contributed by atoms with Gasteiger partial charge in [-0.25, -0.2) is 27.9 Å². The summed E-state index contributed by atoms with van der Waals surface area (Å²) in [5.41, 5.74) is -0.0887. The molecule has 0 aliphatic carbocycles. The second-order valence-corrected chi connectivity index (χ2v) is 5.16. The van der Waals surface area contributed by atoms with Crippen LogP contribution in [-0.2, 0) is 16.6 Å². The summed E-state index contributed by atoms with van der Waals surface area (Å²) in [6.07, 6.45) is 2.23. The molecule has 0 bridgehead atoms. The smallest absolute Gasteiger partial charge is 0.337 e. The molecular formula is C9H9N5O4S. The fourth-order valence-corrected chi connectivity index (χ4v) is 2.13. The molecule has 100 valence electrons. The Morgan fingerprint density at radius 1 is 1.37 bits per heavy atom. The van der Waals surface area contributed by atoms with E-state index in [-0.39, 0.29) is 17.1 Å². The maximum atomic E-state index is 11.8. The van der Waals surface area contributed by atoms with Gasteiger partial charge in [0.15, 0.2) is 5.03 Å². The van der Waals surface area contributed by atoms with Gasteiger partial charge < -0.3 is 5.11 Å². The molecule has 2 heterocycles. The monoisotopic (exact) mass is 283 g/mol. The molecule has 0 spiro atoms. The minimum atomic E-state index is -3.82. The number of aromatic nitrogens is 4. The lowest BCUT2D eigenvalue weighted by molar-refractivity contribution is 0.0696. The molecule has 10 heteroatoms. The number of carboxylic acids is 1. The van der Waals surface area contributed by atoms with E-state index in [0.717, 1.165) is 12.3 Å². The number of carboxylic acid groups (broad SMARTS) is 1. The Hall–Kier alpha value is -2.33. The summed E-state index contributed by atoms with van der Waals surface area (Å²) in [4.78, 5) is 18.0. The van der Waals surface area contributed by atoms with E-state index in [1.165, 1.54) is 12.4 Å². The Kier molecular flexibility index (Phi) is 3.53.